The van der Waals surface area contributed by atoms with Crippen LogP contribution in [0.3, 0.4) is 0 Å². The fourth-order valence-electron chi connectivity index (χ4n) is 2.45. The van der Waals surface area contributed by atoms with Gasteiger partial charge in [0.1, 0.15) is 0 Å². The molecule has 5 heteroatoms. The Bertz CT molecular complexity index is 709. The van der Waals surface area contributed by atoms with Crippen LogP contribution >= 0.6 is 0 Å². The molecule has 5 nitrogen and oxygen atoms in total. The summed E-state index contributed by atoms with van der Waals surface area (Å²) >= 11 is 0. The molecule has 0 heterocycles. The van der Waals surface area contributed by atoms with Gasteiger partial charge in [0.25, 0.3) is 5.91 Å². The molecule has 0 saturated heterocycles. The Morgan fingerprint density at radius 3 is 2.33 bits per heavy atom. The minimum Gasteiger partial charge on any atom is -0.352 e. The molecule has 0 spiro atoms. The molecule has 0 aliphatic heterocycles. The zero-order valence-electron chi connectivity index (χ0n) is 14.0. The largest absolute Gasteiger partial charge is 0.352 e. The molecular weight excluding hydrogens is 302 g/mol. The standard InChI is InChI=1S/C19H23N3O2/c1-13(2)11-15-5-3-4-6-17(15)18(23)22-16-9-7-14(8-10-16)12-21-19(20)24/h3-10,13H,11-12H2,1-2H3,(H,22,23)(H3,20,21,24). The molecule has 0 radical (unpaired) electrons. The highest BCUT2D eigenvalue weighted by Crippen LogP contribution is 2.17. The van der Waals surface area contributed by atoms with Crippen LogP contribution in [0.2, 0.25) is 0 Å². The fraction of sp³-hybridized carbons (Fsp3) is 0.263. The van der Waals surface area contributed by atoms with Gasteiger partial charge in [0, 0.05) is 17.8 Å². The van der Waals surface area contributed by atoms with Crippen molar-refractivity contribution in [1.82, 2.24) is 5.32 Å². The normalized spacial score (nSPS) is 10.5. The quantitative estimate of drug-likeness (QED) is 0.761. The van der Waals surface area contributed by atoms with Crippen LogP contribution in [0.5, 0.6) is 0 Å². The van der Waals surface area contributed by atoms with Gasteiger partial charge in [-0.05, 0) is 41.7 Å². The number of hydrogen-bond acceptors (Lipinski definition) is 2. The first-order chi connectivity index (χ1) is 11.5. The zero-order chi connectivity index (χ0) is 17.5. The van der Waals surface area contributed by atoms with E-state index in [1.165, 1.54) is 0 Å². The number of amides is 3. The molecule has 0 unspecified atom stereocenters. The molecule has 3 amide bonds. The Labute approximate surface area is 142 Å². The summed E-state index contributed by atoms with van der Waals surface area (Å²) in [5.41, 5.74) is 8.41. The summed E-state index contributed by atoms with van der Waals surface area (Å²) in [6.45, 7) is 4.63. The van der Waals surface area contributed by atoms with Crippen LogP contribution in [0.15, 0.2) is 48.5 Å². The van der Waals surface area contributed by atoms with Crippen LogP contribution in [0, 0.1) is 5.92 Å². The van der Waals surface area contributed by atoms with E-state index in [1.807, 2.05) is 36.4 Å². The Hall–Kier alpha value is -2.82. The SMILES string of the molecule is CC(C)Cc1ccccc1C(=O)Nc1ccc(CNC(N)=O)cc1. The summed E-state index contributed by atoms with van der Waals surface area (Å²) in [5, 5.41) is 5.44. The molecular formula is C19H23N3O2. The first kappa shape index (κ1) is 17.5. The molecule has 0 saturated carbocycles. The highest BCUT2D eigenvalue weighted by molar-refractivity contribution is 6.05. The minimum absolute atomic E-state index is 0.116. The number of nitrogens with one attached hydrogen (secondary N) is 2. The van der Waals surface area contributed by atoms with Gasteiger partial charge >= 0.3 is 6.03 Å². The lowest BCUT2D eigenvalue weighted by molar-refractivity contribution is 0.102. The van der Waals surface area contributed by atoms with Crippen LogP contribution in [-0.4, -0.2) is 11.9 Å². The number of primary amides is 1. The van der Waals surface area contributed by atoms with Gasteiger partial charge in [-0.15, -0.1) is 0 Å². The summed E-state index contributed by atoms with van der Waals surface area (Å²) in [5.74, 6) is 0.366. The monoisotopic (exact) mass is 325 g/mol. The van der Waals surface area contributed by atoms with Gasteiger partial charge in [-0.25, -0.2) is 4.79 Å². The highest BCUT2D eigenvalue weighted by Gasteiger charge is 2.12. The van der Waals surface area contributed by atoms with E-state index >= 15 is 0 Å². The second-order valence-electron chi connectivity index (χ2n) is 6.12. The van der Waals surface area contributed by atoms with Gasteiger partial charge in [-0.3, -0.25) is 4.79 Å². The van der Waals surface area contributed by atoms with Gasteiger partial charge in [0.05, 0.1) is 0 Å². The van der Waals surface area contributed by atoms with Crippen molar-refractivity contribution in [3.8, 4) is 0 Å². The van der Waals surface area contributed by atoms with Crippen LogP contribution in [0.1, 0.15) is 35.3 Å². The maximum Gasteiger partial charge on any atom is 0.312 e. The molecule has 126 valence electrons. The smallest absolute Gasteiger partial charge is 0.312 e. The summed E-state index contributed by atoms with van der Waals surface area (Å²) < 4.78 is 0. The van der Waals surface area contributed by atoms with Gasteiger partial charge in [-0.2, -0.15) is 0 Å². The first-order valence-electron chi connectivity index (χ1n) is 7.97. The van der Waals surface area contributed by atoms with Crippen molar-refractivity contribution in [3.63, 3.8) is 0 Å². The predicted molar refractivity (Wildman–Crippen MR) is 95.8 cm³/mol. The molecule has 2 rings (SSSR count). The van der Waals surface area contributed by atoms with E-state index in [9.17, 15) is 9.59 Å². The van der Waals surface area contributed by atoms with Crippen molar-refractivity contribution in [2.24, 2.45) is 11.7 Å². The lowest BCUT2D eigenvalue weighted by Gasteiger charge is -2.12. The minimum atomic E-state index is -0.561. The van der Waals surface area contributed by atoms with Crippen molar-refractivity contribution in [2.45, 2.75) is 26.8 Å². The number of anilines is 1. The van der Waals surface area contributed by atoms with E-state index in [0.29, 0.717) is 23.7 Å². The maximum absolute atomic E-state index is 12.5. The molecule has 2 aromatic carbocycles. The molecule has 24 heavy (non-hydrogen) atoms. The Morgan fingerprint density at radius 1 is 1.04 bits per heavy atom. The Balaban J connectivity index is 2.06. The fourth-order valence-corrected chi connectivity index (χ4v) is 2.45. The second-order valence-corrected chi connectivity index (χ2v) is 6.12. The third-order valence-electron chi connectivity index (χ3n) is 3.57. The van der Waals surface area contributed by atoms with E-state index in [1.54, 1.807) is 12.1 Å². The number of hydrogen-bond donors (Lipinski definition) is 3. The van der Waals surface area contributed by atoms with E-state index in [4.69, 9.17) is 5.73 Å². The Kier molecular flexibility index (Phi) is 5.95. The average molecular weight is 325 g/mol. The predicted octanol–water partition coefficient (Wildman–Crippen LogP) is 3.31. The number of urea groups is 1. The van der Waals surface area contributed by atoms with Gasteiger partial charge in [0.15, 0.2) is 0 Å². The highest BCUT2D eigenvalue weighted by atomic mass is 16.2. The first-order valence-corrected chi connectivity index (χ1v) is 7.97. The van der Waals surface area contributed by atoms with Crippen molar-refractivity contribution >= 4 is 17.6 Å². The average Bonchev–Trinajstić information content (AvgIpc) is 2.54. The van der Waals surface area contributed by atoms with Gasteiger partial charge in [0.2, 0.25) is 0 Å². The van der Waals surface area contributed by atoms with Crippen molar-refractivity contribution in [1.29, 1.82) is 0 Å². The Morgan fingerprint density at radius 2 is 1.71 bits per heavy atom. The number of benzene rings is 2. The van der Waals surface area contributed by atoms with E-state index < -0.39 is 6.03 Å². The van der Waals surface area contributed by atoms with Crippen LogP contribution in [0.25, 0.3) is 0 Å². The third kappa shape index (κ3) is 5.12. The zero-order valence-corrected chi connectivity index (χ0v) is 14.0. The van der Waals surface area contributed by atoms with Crippen LogP contribution < -0.4 is 16.4 Å². The van der Waals surface area contributed by atoms with Crippen LogP contribution in [-0.2, 0) is 13.0 Å². The van der Waals surface area contributed by atoms with E-state index in [0.717, 1.165) is 17.5 Å². The van der Waals surface area contributed by atoms with Crippen molar-refractivity contribution in [2.75, 3.05) is 5.32 Å². The summed E-state index contributed by atoms with van der Waals surface area (Å²) in [7, 11) is 0. The molecule has 0 aromatic heterocycles. The molecule has 0 atom stereocenters. The van der Waals surface area contributed by atoms with Crippen molar-refractivity contribution < 1.29 is 9.59 Å². The number of rotatable bonds is 6. The molecule has 0 aliphatic rings. The number of nitrogens with two attached hydrogens (primary N) is 1. The molecule has 2 aromatic rings. The summed E-state index contributed by atoms with van der Waals surface area (Å²) in [6, 6.07) is 14.4. The van der Waals surface area contributed by atoms with E-state index in [2.05, 4.69) is 24.5 Å². The topological polar surface area (TPSA) is 84.2 Å². The molecule has 0 aliphatic carbocycles. The van der Waals surface area contributed by atoms with Crippen LogP contribution in [0.4, 0.5) is 10.5 Å². The maximum atomic E-state index is 12.5. The molecule has 0 fully saturated rings. The lowest BCUT2D eigenvalue weighted by Crippen LogP contribution is -2.28. The van der Waals surface area contributed by atoms with E-state index in [-0.39, 0.29) is 5.91 Å². The summed E-state index contributed by atoms with van der Waals surface area (Å²) in [6.07, 6.45) is 0.862. The van der Waals surface area contributed by atoms with Crippen molar-refractivity contribution in [3.05, 3.63) is 65.2 Å². The molecule has 4 N–H and O–H groups in total. The van der Waals surface area contributed by atoms with Gasteiger partial charge < -0.3 is 16.4 Å². The van der Waals surface area contributed by atoms with Gasteiger partial charge in [-0.1, -0.05) is 44.2 Å². The number of carbonyl (C=O) groups is 2. The second kappa shape index (κ2) is 8.15. The number of carbonyl (C=O) groups excluding carboxylic acids is 2. The summed E-state index contributed by atoms with van der Waals surface area (Å²) in [4.78, 5) is 23.2. The molecule has 0 bridgehead atoms. The third-order valence-corrected chi connectivity index (χ3v) is 3.57. The lowest BCUT2D eigenvalue weighted by atomic mass is 9.97.